The number of carbonyl (C=O) groups excluding carboxylic acids is 1. The maximum atomic E-state index is 12.1. The molecule has 0 aliphatic carbocycles. The number of hydrogen-bond donors (Lipinski definition) is 2. The number of ether oxygens (including phenoxy) is 1. The van der Waals surface area contributed by atoms with Crippen molar-refractivity contribution in [2.24, 2.45) is 0 Å². The number of amides is 1. The molecule has 6 heteroatoms. The SMILES string of the molecule is N=C1C[C@@H](COCC(=O)NCCN2CCCC2)N(c2ccc(-c3ccccc3)cc2)C1. The van der Waals surface area contributed by atoms with Crippen LogP contribution in [0.1, 0.15) is 19.3 Å². The summed E-state index contributed by atoms with van der Waals surface area (Å²) < 4.78 is 5.73. The molecule has 2 aliphatic heterocycles. The van der Waals surface area contributed by atoms with E-state index in [1.165, 1.54) is 24.0 Å². The Balaban J connectivity index is 1.25. The zero-order valence-electron chi connectivity index (χ0n) is 18.1. The minimum atomic E-state index is -0.0639. The molecule has 1 amide bonds. The van der Waals surface area contributed by atoms with E-state index in [1.807, 2.05) is 18.2 Å². The van der Waals surface area contributed by atoms with Gasteiger partial charge >= 0.3 is 0 Å². The summed E-state index contributed by atoms with van der Waals surface area (Å²) in [5.74, 6) is -0.0639. The van der Waals surface area contributed by atoms with Crippen molar-refractivity contribution in [2.45, 2.75) is 25.3 Å². The van der Waals surface area contributed by atoms with Gasteiger partial charge in [0.1, 0.15) is 6.61 Å². The highest BCUT2D eigenvalue weighted by Crippen LogP contribution is 2.27. The lowest BCUT2D eigenvalue weighted by Gasteiger charge is -2.26. The van der Waals surface area contributed by atoms with E-state index in [2.05, 4.69) is 51.5 Å². The molecule has 0 radical (unpaired) electrons. The molecule has 4 rings (SSSR count). The quantitative estimate of drug-likeness (QED) is 0.654. The Morgan fingerprint density at radius 3 is 2.48 bits per heavy atom. The molecular weight excluding hydrogens is 388 g/mol. The first kappa shape index (κ1) is 21.5. The lowest BCUT2D eigenvalue weighted by Crippen LogP contribution is -2.37. The predicted molar refractivity (Wildman–Crippen MR) is 125 cm³/mol. The third-order valence-electron chi connectivity index (χ3n) is 6.08. The Morgan fingerprint density at radius 1 is 1.03 bits per heavy atom. The molecule has 0 spiro atoms. The largest absolute Gasteiger partial charge is 0.369 e. The highest BCUT2D eigenvalue weighted by Gasteiger charge is 2.28. The summed E-state index contributed by atoms with van der Waals surface area (Å²) in [6.07, 6.45) is 3.20. The van der Waals surface area contributed by atoms with Crippen molar-refractivity contribution < 1.29 is 9.53 Å². The molecule has 2 saturated heterocycles. The van der Waals surface area contributed by atoms with E-state index < -0.39 is 0 Å². The smallest absolute Gasteiger partial charge is 0.246 e. The third-order valence-corrected chi connectivity index (χ3v) is 6.08. The standard InChI is InChI=1S/C25H32N4O2/c26-22-16-24(18-31-19-25(30)27-12-15-28-13-4-5-14-28)29(17-22)23-10-8-21(9-11-23)20-6-2-1-3-7-20/h1-3,6-11,24,26H,4-5,12-19H2,(H,27,30)/t24-/m0/s1. The number of carbonyl (C=O) groups is 1. The van der Waals surface area contributed by atoms with Crippen LogP contribution in [0.4, 0.5) is 5.69 Å². The highest BCUT2D eigenvalue weighted by molar-refractivity contribution is 5.90. The van der Waals surface area contributed by atoms with Gasteiger partial charge in [-0.25, -0.2) is 0 Å². The number of rotatable bonds is 9. The van der Waals surface area contributed by atoms with Crippen molar-refractivity contribution in [3.05, 3.63) is 54.6 Å². The molecule has 2 aromatic carbocycles. The minimum absolute atomic E-state index is 0.0639. The second-order valence-corrected chi connectivity index (χ2v) is 8.42. The first-order chi connectivity index (χ1) is 15.2. The number of benzene rings is 2. The van der Waals surface area contributed by atoms with Gasteiger partial charge in [0.15, 0.2) is 0 Å². The molecular formula is C25H32N4O2. The van der Waals surface area contributed by atoms with Gasteiger partial charge in [0.05, 0.1) is 19.2 Å². The third kappa shape index (κ3) is 5.93. The number of hydrogen-bond acceptors (Lipinski definition) is 5. The van der Waals surface area contributed by atoms with Crippen LogP contribution < -0.4 is 10.2 Å². The summed E-state index contributed by atoms with van der Waals surface area (Å²) in [6.45, 7) is 5.01. The molecule has 6 nitrogen and oxygen atoms in total. The molecule has 1 atom stereocenters. The van der Waals surface area contributed by atoms with Crippen molar-refractivity contribution in [3.63, 3.8) is 0 Å². The Bertz CT molecular complexity index is 863. The first-order valence-electron chi connectivity index (χ1n) is 11.2. The van der Waals surface area contributed by atoms with Gasteiger partial charge in [-0.05, 0) is 49.2 Å². The van der Waals surface area contributed by atoms with Crippen LogP contribution in [-0.4, -0.2) is 68.5 Å². The van der Waals surface area contributed by atoms with Gasteiger partial charge < -0.3 is 25.3 Å². The predicted octanol–water partition coefficient (Wildman–Crippen LogP) is 3.18. The van der Waals surface area contributed by atoms with E-state index in [4.69, 9.17) is 10.1 Å². The van der Waals surface area contributed by atoms with E-state index in [0.29, 0.717) is 31.8 Å². The van der Waals surface area contributed by atoms with Crippen molar-refractivity contribution in [3.8, 4) is 11.1 Å². The Hall–Kier alpha value is -2.70. The monoisotopic (exact) mass is 420 g/mol. The fourth-order valence-electron chi connectivity index (χ4n) is 4.42. The van der Waals surface area contributed by atoms with E-state index in [9.17, 15) is 4.79 Å². The van der Waals surface area contributed by atoms with E-state index >= 15 is 0 Å². The average molecular weight is 421 g/mol. The van der Waals surface area contributed by atoms with Crippen LogP contribution in [0.2, 0.25) is 0 Å². The van der Waals surface area contributed by atoms with Gasteiger partial charge in [-0.15, -0.1) is 0 Å². The summed E-state index contributed by atoms with van der Waals surface area (Å²) >= 11 is 0. The van der Waals surface area contributed by atoms with Crippen LogP contribution in [-0.2, 0) is 9.53 Å². The number of anilines is 1. The summed E-state index contributed by atoms with van der Waals surface area (Å²) in [6, 6.07) is 18.9. The molecule has 2 aromatic rings. The maximum Gasteiger partial charge on any atom is 0.246 e. The van der Waals surface area contributed by atoms with Crippen molar-refractivity contribution in [1.82, 2.24) is 10.2 Å². The normalized spacial score (nSPS) is 19.2. The van der Waals surface area contributed by atoms with Gasteiger partial charge in [-0.3, -0.25) is 4.79 Å². The molecule has 2 fully saturated rings. The van der Waals surface area contributed by atoms with Crippen molar-refractivity contribution in [2.75, 3.05) is 50.8 Å². The zero-order chi connectivity index (χ0) is 21.5. The van der Waals surface area contributed by atoms with Gasteiger partial charge in [0.2, 0.25) is 5.91 Å². The minimum Gasteiger partial charge on any atom is -0.369 e. The van der Waals surface area contributed by atoms with Crippen molar-refractivity contribution in [1.29, 1.82) is 5.41 Å². The molecule has 0 unspecified atom stereocenters. The fourth-order valence-corrected chi connectivity index (χ4v) is 4.42. The van der Waals surface area contributed by atoms with Gasteiger partial charge in [-0.2, -0.15) is 0 Å². The van der Waals surface area contributed by atoms with Crippen LogP contribution >= 0.6 is 0 Å². The van der Waals surface area contributed by atoms with Crippen LogP contribution in [0.15, 0.2) is 54.6 Å². The van der Waals surface area contributed by atoms with Crippen LogP contribution in [0.25, 0.3) is 11.1 Å². The summed E-state index contributed by atoms with van der Waals surface area (Å²) in [5.41, 5.74) is 4.16. The maximum absolute atomic E-state index is 12.1. The van der Waals surface area contributed by atoms with Crippen LogP contribution in [0.5, 0.6) is 0 Å². The van der Waals surface area contributed by atoms with Crippen LogP contribution in [0, 0.1) is 5.41 Å². The van der Waals surface area contributed by atoms with Crippen LogP contribution in [0.3, 0.4) is 0 Å². The number of nitrogens with one attached hydrogen (secondary N) is 2. The van der Waals surface area contributed by atoms with E-state index in [0.717, 1.165) is 25.3 Å². The first-order valence-corrected chi connectivity index (χ1v) is 11.2. The summed E-state index contributed by atoms with van der Waals surface area (Å²) in [4.78, 5) is 16.7. The van der Waals surface area contributed by atoms with Crippen molar-refractivity contribution >= 4 is 17.3 Å². The second kappa shape index (κ2) is 10.6. The molecule has 0 bridgehead atoms. The Labute approximate surface area is 184 Å². The Morgan fingerprint density at radius 2 is 1.74 bits per heavy atom. The fraction of sp³-hybridized carbons (Fsp3) is 0.440. The lowest BCUT2D eigenvalue weighted by molar-refractivity contribution is -0.125. The molecule has 2 aliphatic rings. The van der Waals surface area contributed by atoms with Gasteiger partial charge in [0.25, 0.3) is 0 Å². The Kier molecular flexibility index (Phi) is 7.33. The van der Waals surface area contributed by atoms with Gasteiger partial charge in [-0.1, -0.05) is 42.5 Å². The molecule has 164 valence electrons. The summed E-state index contributed by atoms with van der Waals surface area (Å²) in [7, 11) is 0. The lowest BCUT2D eigenvalue weighted by atomic mass is 10.1. The topological polar surface area (TPSA) is 68.7 Å². The average Bonchev–Trinajstić information content (AvgIpc) is 3.44. The van der Waals surface area contributed by atoms with E-state index in [-0.39, 0.29) is 18.6 Å². The molecule has 31 heavy (non-hydrogen) atoms. The second-order valence-electron chi connectivity index (χ2n) is 8.42. The van der Waals surface area contributed by atoms with Gasteiger partial charge in [0, 0.05) is 30.9 Å². The highest BCUT2D eigenvalue weighted by atomic mass is 16.5. The molecule has 0 saturated carbocycles. The zero-order valence-corrected chi connectivity index (χ0v) is 18.1. The molecule has 2 heterocycles. The number of nitrogens with zero attached hydrogens (tertiary/aromatic N) is 2. The molecule has 0 aromatic heterocycles. The summed E-state index contributed by atoms with van der Waals surface area (Å²) in [5, 5.41) is 11.1. The van der Waals surface area contributed by atoms with E-state index in [1.54, 1.807) is 0 Å². The number of likely N-dealkylation sites (tertiary alicyclic amines) is 1. The molecule has 2 N–H and O–H groups in total.